The van der Waals surface area contributed by atoms with Gasteiger partial charge in [0, 0.05) is 29.4 Å². The smallest absolute Gasteiger partial charge is 0.107 e. The van der Waals surface area contributed by atoms with E-state index >= 15 is 0 Å². The summed E-state index contributed by atoms with van der Waals surface area (Å²) in [4.78, 5) is 5.57. The highest BCUT2D eigenvalue weighted by atomic mass is 35.5. The van der Waals surface area contributed by atoms with Gasteiger partial charge in [-0.15, -0.1) is 11.3 Å². The average Bonchev–Trinajstić information content (AvgIpc) is 3.07. The molecular weight excluding hydrogens is 311 g/mol. The van der Waals surface area contributed by atoms with Crippen LogP contribution in [0.5, 0.6) is 0 Å². The summed E-state index contributed by atoms with van der Waals surface area (Å²) < 4.78 is 0. The summed E-state index contributed by atoms with van der Waals surface area (Å²) in [5.41, 5.74) is 1.00. The first-order chi connectivity index (χ1) is 9.72. The van der Waals surface area contributed by atoms with Gasteiger partial charge in [-0.05, 0) is 25.0 Å². The van der Waals surface area contributed by atoms with Gasteiger partial charge in [-0.2, -0.15) is 0 Å². The summed E-state index contributed by atoms with van der Waals surface area (Å²) in [7, 11) is 0. The average molecular weight is 327 g/mol. The van der Waals surface area contributed by atoms with E-state index in [0.29, 0.717) is 16.1 Å². The van der Waals surface area contributed by atoms with E-state index in [1.165, 1.54) is 25.7 Å². The van der Waals surface area contributed by atoms with Crippen molar-refractivity contribution in [3.05, 3.63) is 39.4 Å². The Bertz CT molecular complexity index is 591. The highest BCUT2D eigenvalue weighted by Gasteiger charge is 2.15. The molecule has 0 spiro atoms. The van der Waals surface area contributed by atoms with Crippen LogP contribution in [0.15, 0.2) is 24.4 Å². The highest BCUT2D eigenvalue weighted by molar-refractivity contribution is 7.15. The Labute approximate surface area is 133 Å². The quantitative estimate of drug-likeness (QED) is 0.840. The number of nitrogens with one attached hydrogen (secondary N) is 1. The standard InChI is InChI=1S/C15H16Cl2N2S/c16-10-5-6-12(13(17)7-10)14-8-19-15(20-14)9-18-11-3-1-2-4-11/h5-8,11,18H,1-4,9H2. The molecule has 2 nitrogen and oxygen atoms in total. The molecule has 0 unspecified atom stereocenters. The number of hydrogen-bond donors (Lipinski definition) is 1. The van der Waals surface area contributed by atoms with E-state index in [9.17, 15) is 0 Å². The first kappa shape index (κ1) is 14.3. The molecular formula is C15H16Cl2N2S. The van der Waals surface area contributed by atoms with Crippen LogP contribution in [0, 0.1) is 0 Å². The van der Waals surface area contributed by atoms with Gasteiger partial charge in [0.25, 0.3) is 0 Å². The van der Waals surface area contributed by atoms with Gasteiger partial charge in [0.2, 0.25) is 0 Å². The number of rotatable bonds is 4. The molecule has 1 aromatic heterocycles. The third-order valence-corrected chi connectivity index (χ3v) is 5.23. The zero-order valence-electron chi connectivity index (χ0n) is 11.0. The van der Waals surface area contributed by atoms with Crippen molar-refractivity contribution >= 4 is 34.5 Å². The van der Waals surface area contributed by atoms with Gasteiger partial charge in [-0.3, -0.25) is 0 Å². The van der Waals surface area contributed by atoms with Crippen LogP contribution in [0.25, 0.3) is 10.4 Å². The molecule has 20 heavy (non-hydrogen) atoms. The van der Waals surface area contributed by atoms with E-state index < -0.39 is 0 Å². The lowest BCUT2D eigenvalue weighted by atomic mass is 10.2. The van der Waals surface area contributed by atoms with Gasteiger partial charge in [0.15, 0.2) is 0 Å². The van der Waals surface area contributed by atoms with Crippen molar-refractivity contribution in [2.24, 2.45) is 0 Å². The van der Waals surface area contributed by atoms with Crippen molar-refractivity contribution in [1.82, 2.24) is 10.3 Å². The Morgan fingerprint density at radius 3 is 2.80 bits per heavy atom. The molecule has 0 saturated heterocycles. The van der Waals surface area contributed by atoms with E-state index in [1.54, 1.807) is 17.4 Å². The molecule has 1 N–H and O–H groups in total. The Morgan fingerprint density at radius 2 is 2.05 bits per heavy atom. The molecule has 106 valence electrons. The molecule has 3 rings (SSSR count). The molecule has 0 bridgehead atoms. The SMILES string of the molecule is Clc1ccc(-c2cnc(CNC3CCCC3)s2)c(Cl)c1. The number of aromatic nitrogens is 1. The molecule has 1 saturated carbocycles. The number of nitrogens with zero attached hydrogens (tertiary/aromatic N) is 1. The predicted molar refractivity (Wildman–Crippen MR) is 86.7 cm³/mol. The Kier molecular flexibility index (Phi) is 4.61. The Hall–Kier alpha value is -0.610. The predicted octanol–water partition coefficient (Wildman–Crippen LogP) is 5.15. The number of halogens is 2. The van der Waals surface area contributed by atoms with Crippen LogP contribution in [0.1, 0.15) is 30.7 Å². The largest absolute Gasteiger partial charge is 0.308 e. The summed E-state index contributed by atoms with van der Waals surface area (Å²) in [6.07, 6.45) is 7.18. The van der Waals surface area contributed by atoms with Crippen molar-refractivity contribution in [1.29, 1.82) is 0 Å². The molecule has 5 heteroatoms. The van der Waals surface area contributed by atoms with Crippen LogP contribution in [-0.2, 0) is 6.54 Å². The number of hydrogen-bond acceptors (Lipinski definition) is 3. The summed E-state index contributed by atoms with van der Waals surface area (Å²) in [6, 6.07) is 6.25. The van der Waals surface area contributed by atoms with Crippen molar-refractivity contribution in [3.63, 3.8) is 0 Å². The molecule has 1 aromatic carbocycles. The van der Waals surface area contributed by atoms with Crippen LogP contribution >= 0.6 is 34.5 Å². The minimum Gasteiger partial charge on any atom is -0.308 e. The summed E-state index contributed by atoms with van der Waals surface area (Å²) in [5, 5.41) is 6.03. The number of benzene rings is 1. The zero-order chi connectivity index (χ0) is 13.9. The topological polar surface area (TPSA) is 24.9 Å². The second-order valence-electron chi connectivity index (χ2n) is 5.10. The minimum atomic E-state index is 0.659. The van der Waals surface area contributed by atoms with Gasteiger partial charge in [0.1, 0.15) is 5.01 Å². The van der Waals surface area contributed by atoms with Crippen molar-refractivity contribution in [2.75, 3.05) is 0 Å². The maximum Gasteiger partial charge on any atom is 0.107 e. The second kappa shape index (κ2) is 6.44. The monoisotopic (exact) mass is 326 g/mol. The number of thiazole rings is 1. The van der Waals surface area contributed by atoms with Crippen LogP contribution in [0.4, 0.5) is 0 Å². The first-order valence-electron chi connectivity index (χ1n) is 6.86. The lowest BCUT2D eigenvalue weighted by Crippen LogP contribution is -2.25. The molecule has 0 amide bonds. The molecule has 1 aliphatic carbocycles. The van der Waals surface area contributed by atoms with Crippen molar-refractivity contribution in [3.8, 4) is 10.4 Å². The van der Waals surface area contributed by atoms with Gasteiger partial charge in [0.05, 0.1) is 9.90 Å². The summed E-state index contributed by atoms with van der Waals surface area (Å²) >= 11 is 13.8. The summed E-state index contributed by atoms with van der Waals surface area (Å²) in [5.74, 6) is 0. The lowest BCUT2D eigenvalue weighted by molar-refractivity contribution is 0.523. The molecule has 0 radical (unpaired) electrons. The van der Waals surface area contributed by atoms with E-state index in [-0.39, 0.29) is 0 Å². The van der Waals surface area contributed by atoms with Crippen LogP contribution in [0.2, 0.25) is 10.0 Å². The maximum atomic E-state index is 6.23. The van der Waals surface area contributed by atoms with E-state index in [2.05, 4.69) is 10.3 Å². The normalized spacial score (nSPS) is 15.9. The molecule has 1 aliphatic rings. The van der Waals surface area contributed by atoms with Crippen molar-refractivity contribution in [2.45, 2.75) is 38.3 Å². The van der Waals surface area contributed by atoms with E-state index in [1.807, 2.05) is 18.3 Å². The van der Waals surface area contributed by atoms with Gasteiger partial charge >= 0.3 is 0 Å². The Balaban J connectivity index is 1.69. The third kappa shape index (κ3) is 3.34. The fourth-order valence-electron chi connectivity index (χ4n) is 2.57. The van der Waals surface area contributed by atoms with E-state index in [4.69, 9.17) is 23.2 Å². The van der Waals surface area contributed by atoms with Gasteiger partial charge in [-0.25, -0.2) is 4.98 Å². The Morgan fingerprint density at radius 1 is 1.25 bits per heavy atom. The van der Waals surface area contributed by atoms with Crippen LogP contribution in [0.3, 0.4) is 0 Å². The van der Waals surface area contributed by atoms with Gasteiger partial charge < -0.3 is 5.32 Å². The molecule has 0 aliphatic heterocycles. The third-order valence-electron chi connectivity index (χ3n) is 3.65. The van der Waals surface area contributed by atoms with E-state index in [0.717, 1.165) is 22.0 Å². The second-order valence-corrected chi connectivity index (χ2v) is 7.06. The molecule has 1 heterocycles. The summed E-state index contributed by atoms with van der Waals surface area (Å²) in [6.45, 7) is 0.848. The maximum absolute atomic E-state index is 6.23. The molecule has 0 atom stereocenters. The minimum absolute atomic E-state index is 0.659. The molecule has 2 aromatic rings. The fourth-order valence-corrected chi connectivity index (χ4v) is 4.04. The van der Waals surface area contributed by atoms with Crippen molar-refractivity contribution < 1.29 is 0 Å². The molecule has 1 fully saturated rings. The highest BCUT2D eigenvalue weighted by Crippen LogP contribution is 2.33. The first-order valence-corrected chi connectivity index (χ1v) is 8.43. The lowest BCUT2D eigenvalue weighted by Gasteiger charge is -2.09. The fraction of sp³-hybridized carbons (Fsp3) is 0.400. The van der Waals surface area contributed by atoms with Crippen LogP contribution < -0.4 is 5.32 Å². The zero-order valence-corrected chi connectivity index (χ0v) is 13.4. The van der Waals surface area contributed by atoms with Crippen LogP contribution in [-0.4, -0.2) is 11.0 Å². The van der Waals surface area contributed by atoms with Gasteiger partial charge in [-0.1, -0.05) is 42.1 Å².